The molecule has 29 heavy (non-hydrogen) atoms. The Morgan fingerprint density at radius 3 is 0.483 bits per heavy atom. The molecule has 0 unspecified atom stereocenters. The SMILES string of the molecule is FC(F)(F)c1ccc(C(F)(F)F)cc1.FC(F)(F)c1ccc(C(F)(F)F)cc1.[Cr]. The molecule has 0 aliphatic rings. The minimum absolute atomic E-state index is 0. The molecule has 2 aromatic rings. The molecule has 0 aromatic heterocycles. The standard InChI is InChI=1S/2C8H4F6.Cr/c2*9-7(10,11)5-1-2-6(4-3-5)8(12,13)14;/h2*1-4H;. The molecule has 0 spiro atoms. The predicted octanol–water partition coefficient (Wildman–Crippen LogP) is 7.45. The summed E-state index contributed by atoms with van der Waals surface area (Å²) < 4.78 is 143. The van der Waals surface area contributed by atoms with Crippen LogP contribution in [-0.4, -0.2) is 0 Å². The van der Waals surface area contributed by atoms with Gasteiger partial charge in [0.2, 0.25) is 0 Å². The molecule has 0 fully saturated rings. The molecule has 0 heterocycles. The maximum Gasteiger partial charge on any atom is 0.416 e. The molecule has 0 nitrogen and oxygen atoms in total. The van der Waals surface area contributed by atoms with Gasteiger partial charge in [-0.2, -0.15) is 52.7 Å². The number of halogens is 12. The van der Waals surface area contributed by atoms with Gasteiger partial charge in [-0.15, -0.1) is 0 Å². The number of benzene rings is 2. The van der Waals surface area contributed by atoms with Crippen LogP contribution in [0, 0.1) is 0 Å². The molecule has 0 N–H and O–H groups in total. The number of rotatable bonds is 0. The summed E-state index contributed by atoms with van der Waals surface area (Å²) in [6.45, 7) is 0. The molecule has 0 aliphatic heterocycles. The van der Waals surface area contributed by atoms with E-state index < -0.39 is 47.0 Å². The van der Waals surface area contributed by atoms with E-state index in [0.717, 1.165) is 0 Å². The van der Waals surface area contributed by atoms with Gasteiger partial charge in [-0.1, -0.05) is 0 Å². The first kappa shape index (κ1) is 27.1. The average Bonchev–Trinajstić information content (AvgIpc) is 2.52. The van der Waals surface area contributed by atoms with Gasteiger partial charge < -0.3 is 0 Å². The van der Waals surface area contributed by atoms with Crippen molar-refractivity contribution in [2.24, 2.45) is 0 Å². The van der Waals surface area contributed by atoms with E-state index in [2.05, 4.69) is 0 Å². The summed E-state index contributed by atoms with van der Waals surface area (Å²) in [6.07, 6.45) is -18.4. The second kappa shape index (κ2) is 9.30. The molecule has 0 amide bonds. The summed E-state index contributed by atoms with van der Waals surface area (Å²) in [6, 6.07) is 3.24. The van der Waals surface area contributed by atoms with Gasteiger partial charge in [0.25, 0.3) is 0 Å². The first-order valence-electron chi connectivity index (χ1n) is 6.91. The Kier molecular flexibility index (Phi) is 8.70. The molecule has 162 valence electrons. The smallest absolute Gasteiger partial charge is 0.166 e. The first-order chi connectivity index (χ1) is 12.4. The Morgan fingerprint density at radius 1 is 0.310 bits per heavy atom. The number of hydrogen-bond acceptors (Lipinski definition) is 0. The quantitative estimate of drug-likeness (QED) is 0.344. The first-order valence-corrected chi connectivity index (χ1v) is 6.91. The van der Waals surface area contributed by atoms with Crippen molar-refractivity contribution in [2.45, 2.75) is 24.7 Å². The van der Waals surface area contributed by atoms with Crippen LogP contribution in [0.5, 0.6) is 0 Å². The van der Waals surface area contributed by atoms with E-state index in [4.69, 9.17) is 0 Å². The van der Waals surface area contributed by atoms with Crippen molar-refractivity contribution in [1.29, 1.82) is 0 Å². The van der Waals surface area contributed by atoms with Gasteiger partial charge in [0.05, 0.1) is 22.3 Å². The van der Waals surface area contributed by atoms with Crippen molar-refractivity contribution < 1.29 is 70.0 Å². The fourth-order valence-corrected chi connectivity index (χ4v) is 1.70. The summed E-state index contributed by atoms with van der Waals surface area (Å²) in [4.78, 5) is 0. The van der Waals surface area contributed by atoms with Crippen LogP contribution in [0.25, 0.3) is 0 Å². The molecule has 2 aromatic carbocycles. The van der Waals surface area contributed by atoms with Crippen LogP contribution in [-0.2, 0) is 42.1 Å². The van der Waals surface area contributed by atoms with Crippen LogP contribution in [0.4, 0.5) is 52.7 Å². The second-order valence-electron chi connectivity index (χ2n) is 5.15. The minimum atomic E-state index is -4.61. The van der Waals surface area contributed by atoms with Crippen LogP contribution in [0.2, 0.25) is 0 Å². The van der Waals surface area contributed by atoms with E-state index in [-0.39, 0.29) is 17.4 Å². The normalized spacial score (nSPS) is 12.6. The third kappa shape index (κ3) is 8.57. The van der Waals surface area contributed by atoms with Crippen LogP contribution in [0.1, 0.15) is 22.3 Å². The van der Waals surface area contributed by atoms with Crippen molar-refractivity contribution in [3.05, 3.63) is 70.8 Å². The molecule has 2 rings (SSSR count). The van der Waals surface area contributed by atoms with Crippen LogP contribution >= 0.6 is 0 Å². The van der Waals surface area contributed by atoms with Crippen molar-refractivity contribution in [3.8, 4) is 0 Å². The summed E-state index contributed by atoms with van der Waals surface area (Å²) in [5.74, 6) is 0. The maximum absolute atomic E-state index is 11.9. The van der Waals surface area contributed by atoms with E-state index in [1.54, 1.807) is 0 Å². The monoisotopic (exact) mass is 480 g/mol. The zero-order valence-electron chi connectivity index (χ0n) is 13.6. The van der Waals surface area contributed by atoms with Crippen molar-refractivity contribution >= 4 is 0 Å². The molecule has 0 bridgehead atoms. The van der Waals surface area contributed by atoms with Gasteiger partial charge in [0, 0.05) is 17.4 Å². The summed E-state index contributed by atoms with van der Waals surface area (Å²) in [7, 11) is 0. The third-order valence-corrected chi connectivity index (χ3v) is 3.08. The van der Waals surface area contributed by atoms with Gasteiger partial charge in [-0.25, -0.2) is 0 Å². The van der Waals surface area contributed by atoms with E-state index in [1.807, 2.05) is 0 Å². The molecule has 0 saturated heterocycles. The fraction of sp³-hybridized carbons (Fsp3) is 0.250. The Labute approximate surface area is 166 Å². The summed E-state index contributed by atoms with van der Waals surface area (Å²) in [5.41, 5.74) is -4.37. The number of alkyl halides is 12. The number of hydrogen-bond donors (Lipinski definition) is 0. The van der Waals surface area contributed by atoms with Crippen LogP contribution < -0.4 is 0 Å². The Morgan fingerprint density at radius 2 is 0.414 bits per heavy atom. The van der Waals surface area contributed by atoms with E-state index in [0.29, 0.717) is 48.5 Å². The fourth-order valence-electron chi connectivity index (χ4n) is 1.70. The third-order valence-electron chi connectivity index (χ3n) is 3.08. The zero-order chi connectivity index (χ0) is 22.0. The van der Waals surface area contributed by atoms with Crippen molar-refractivity contribution in [1.82, 2.24) is 0 Å². The predicted molar refractivity (Wildman–Crippen MR) is 72.9 cm³/mol. The largest absolute Gasteiger partial charge is 0.416 e. The molecule has 0 radical (unpaired) electrons. The zero-order valence-corrected chi connectivity index (χ0v) is 14.8. The molecular formula is C16H8CrF12. The van der Waals surface area contributed by atoms with E-state index in [1.165, 1.54) is 0 Å². The van der Waals surface area contributed by atoms with Gasteiger partial charge >= 0.3 is 24.7 Å². The molecule has 0 aliphatic carbocycles. The Hall–Kier alpha value is -1.87. The Bertz CT molecular complexity index is 616. The van der Waals surface area contributed by atoms with Crippen LogP contribution in [0.3, 0.4) is 0 Å². The average molecular weight is 480 g/mol. The van der Waals surface area contributed by atoms with E-state index in [9.17, 15) is 52.7 Å². The topological polar surface area (TPSA) is 0 Å². The van der Waals surface area contributed by atoms with E-state index >= 15 is 0 Å². The summed E-state index contributed by atoms with van der Waals surface area (Å²) >= 11 is 0. The summed E-state index contributed by atoms with van der Waals surface area (Å²) in [5, 5.41) is 0. The maximum atomic E-state index is 11.9. The van der Waals surface area contributed by atoms with Crippen molar-refractivity contribution in [2.75, 3.05) is 0 Å². The molecule has 0 saturated carbocycles. The van der Waals surface area contributed by atoms with Gasteiger partial charge in [-0.3, -0.25) is 0 Å². The van der Waals surface area contributed by atoms with Gasteiger partial charge in [-0.05, 0) is 48.5 Å². The van der Waals surface area contributed by atoms with Gasteiger partial charge in [0.15, 0.2) is 0 Å². The molecule has 0 atom stereocenters. The second-order valence-corrected chi connectivity index (χ2v) is 5.15. The van der Waals surface area contributed by atoms with Crippen LogP contribution in [0.15, 0.2) is 48.5 Å². The Balaban J connectivity index is 0.000000523. The van der Waals surface area contributed by atoms with Crippen molar-refractivity contribution in [3.63, 3.8) is 0 Å². The van der Waals surface area contributed by atoms with Gasteiger partial charge in [0.1, 0.15) is 0 Å². The minimum Gasteiger partial charge on any atom is -0.166 e. The molecular weight excluding hydrogens is 472 g/mol. The molecule has 13 heteroatoms.